The van der Waals surface area contributed by atoms with E-state index in [0.29, 0.717) is 16.5 Å². The second-order valence-electron chi connectivity index (χ2n) is 4.75. The van der Waals surface area contributed by atoms with E-state index in [1.165, 1.54) is 0 Å². The quantitative estimate of drug-likeness (QED) is 0.374. The third-order valence-corrected chi connectivity index (χ3v) is 3.51. The van der Waals surface area contributed by atoms with Gasteiger partial charge in [-0.3, -0.25) is 24.7 Å². The Kier molecular flexibility index (Phi) is 3.19. The summed E-state index contributed by atoms with van der Waals surface area (Å²) >= 11 is 0. The van der Waals surface area contributed by atoms with E-state index in [1.807, 2.05) is 5.43 Å². The van der Waals surface area contributed by atoms with Crippen LogP contribution >= 0.6 is 0 Å². The van der Waals surface area contributed by atoms with Gasteiger partial charge in [-0.2, -0.15) is 0 Å². The van der Waals surface area contributed by atoms with Gasteiger partial charge < -0.3 is 4.42 Å². The standard InChI is InChI=1S/C14H13N3O4/c15-16-14(20)13-9(7-17-11(18)5-6-12(17)19)8-3-1-2-4-10(8)21-13/h1-4H,5-7,15H2,(H,16,20). The highest BCUT2D eigenvalue weighted by molar-refractivity contribution is 6.03. The van der Waals surface area contributed by atoms with E-state index in [-0.39, 0.29) is 37.0 Å². The molecule has 0 unspecified atom stereocenters. The molecule has 7 nitrogen and oxygen atoms in total. The number of fused-ring (bicyclic) bond motifs is 1. The molecular formula is C14H13N3O4. The highest BCUT2D eigenvalue weighted by atomic mass is 16.3. The summed E-state index contributed by atoms with van der Waals surface area (Å²) in [7, 11) is 0. The van der Waals surface area contributed by atoms with E-state index in [2.05, 4.69) is 0 Å². The van der Waals surface area contributed by atoms with Crippen LogP contribution < -0.4 is 11.3 Å². The van der Waals surface area contributed by atoms with Crippen LogP contribution in [-0.4, -0.2) is 22.6 Å². The topological polar surface area (TPSA) is 106 Å². The molecule has 1 aliphatic heterocycles. The maximum Gasteiger partial charge on any atom is 0.301 e. The SMILES string of the molecule is NNC(=O)c1oc2ccccc2c1CN1C(=O)CCC1=O. The fraction of sp³-hybridized carbons (Fsp3) is 0.214. The third kappa shape index (κ3) is 2.17. The molecule has 7 heteroatoms. The Labute approximate surface area is 119 Å². The predicted octanol–water partition coefficient (Wildman–Crippen LogP) is 0.685. The van der Waals surface area contributed by atoms with Crippen LogP contribution in [-0.2, 0) is 16.1 Å². The molecule has 0 saturated carbocycles. The van der Waals surface area contributed by atoms with Crippen LogP contribution in [0.15, 0.2) is 28.7 Å². The molecule has 0 spiro atoms. The first-order valence-electron chi connectivity index (χ1n) is 6.46. The minimum atomic E-state index is -0.597. The van der Waals surface area contributed by atoms with Gasteiger partial charge in [0.05, 0.1) is 6.54 Å². The summed E-state index contributed by atoms with van der Waals surface area (Å²) in [4.78, 5) is 36.5. The molecule has 1 aromatic carbocycles. The Morgan fingerprint density at radius 1 is 1.24 bits per heavy atom. The molecule has 2 aromatic rings. The average molecular weight is 287 g/mol. The van der Waals surface area contributed by atoms with Gasteiger partial charge in [-0.05, 0) is 6.07 Å². The average Bonchev–Trinajstić information content (AvgIpc) is 3.02. The first-order chi connectivity index (χ1) is 10.1. The number of benzene rings is 1. The van der Waals surface area contributed by atoms with Crippen LogP contribution in [0, 0.1) is 0 Å². The minimum Gasteiger partial charge on any atom is -0.450 e. The van der Waals surface area contributed by atoms with Gasteiger partial charge in [-0.15, -0.1) is 0 Å². The highest BCUT2D eigenvalue weighted by Gasteiger charge is 2.31. The van der Waals surface area contributed by atoms with E-state index in [4.69, 9.17) is 10.3 Å². The largest absolute Gasteiger partial charge is 0.450 e. The van der Waals surface area contributed by atoms with Gasteiger partial charge in [0.25, 0.3) is 0 Å². The van der Waals surface area contributed by atoms with Gasteiger partial charge in [0.2, 0.25) is 11.8 Å². The second-order valence-corrected chi connectivity index (χ2v) is 4.75. The fourth-order valence-corrected chi connectivity index (χ4v) is 2.46. The van der Waals surface area contributed by atoms with Crippen molar-refractivity contribution in [2.75, 3.05) is 0 Å². The number of hydrogen-bond acceptors (Lipinski definition) is 5. The van der Waals surface area contributed by atoms with Crippen molar-refractivity contribution < 1.29 is 18.8 Å². The molecule has 0 atom stereocenters. The summed E-state index contributed by atoms with van der Waals surface area (Å²) in [6.07, 6.45) is 0.403. The van der Waals surface area contributed by atoms with Gasteiger partial charge in [0.15, 0.2) is 5.76 Å². The van der Waals surface area contributed by atoms with Crippen molar-refractivity contribution in [3.8, 4) is 0 Å². The number of nitrogens with one attached hydrogen (secondary N) is 1. The lowest BCUT2D eigenvalue weighted by atomic mass is 10.1. The second kappa shape index (κ2) is 5.02. The van der Waals surface area contributed by atoms with Crippen molar-refractivity contribution in [2.24, 2.45) is 5.84 Å². The van der Waals surface area contributed by atoms with E-state index in [9.17, 15) is 14.4 Å². The van der Waals surface area contributed by atoms with E-state index in [1.54, 1.807) is 24.3 Å². The summed E-state index contributed by atoms with van der Waals surface area (Å²) < 4.78 is 5.49. The summed E-state index contributed by atoms with van der Waals surface area (Å²) in [5.41, 5.74) is 3.00. The van der Waals surface area contributed by atoms with Crippen LogP contribution in [0.3, 0.4) is 0 Å². The maximum absolute atomic E-state index is 11.8. The molecule has 1 aromatic heterocycles. The van der Waals surface area contributed by atoms with Crippen LogP contribution in [0.1, 0.15) is 29.0 Å². The molecule has 3 rings (SSSR count). The summed E-state index contributed by atoms with van der Waals surface area (Å²) in [6.45, 7) is 0.0113. The van der Waals surface area contributed by atoms with Gasteiger partial charge in [-0.1, -0.05) is 18.2 Å². The predicted molar refractivity (Wildman–Crippen MR) is 72.7 cm³/mol. The molecule has 0 bridgehead atoms. The summed E-state index contributed by atoms with van der Waals surface area (Å²) in [5, 5.41) is 0.684. The number of amides is 3. The molecule has 2 heterocycles. The number of para-hydroxylation sites is 1. The lowest BCUT2D eigenvalue weighted by Crippen LogP contribution is -2.32. The van der Waals surface area contributed by atoms with E-state index < -0.39 is 5.91 Å². The van der Waals surface area contributed by atoms with Crippen LogP contribution in [0.2, 0.25) is 0 Å². The number of imide groups is 1. The van der Waals surface area contributed by atoms with Crippen molar-refractivity contribution in [3.63, 3.8) is 0 Å². The lowest BCUT2D eigenvalue weighted by Gasteiger charge is -2.13. The van der Waals surface area contributed by atoms with Crippen molar-refractivity contribution >= 4 is 28.7 Å². The van der Waals surface area contributed by atoms with Crippen molar-refractivity contribution in [1.29, 1.82) is 0 Å². The zero-order chi connectivity index (χ0) is 15.0. The Balaban J connectivity index is 2.09. The van der Waals surface area contributed by atoms with Crippen LogP contribution in [0.4, 0.5) is 0 Å². The monoisotopic (exact) mass is 287 g/mol. The molecular weight excluding hydrogens is 274 g/mol. The third-order valence-electron chi connectivity index (χ3n) is 3.51. The van der Waals surface area contributed by atoms with Crippen molar-refractivity contribution in [1.82, 2.24) is 10.3 Å². The van der Waals surface area contributed by atoms with Crippen LogP contribution in [0.25, 0.3) is 11.0 Å². The number of likely N-dealkylation sites (tertiary alicyclic amines) is 1. The molecule has 0 aliphatic carbocycles. The van der Waals surface area contributed by atoms with Crippen molar-refractivity contribution in [2.45, 2.75) is 19.4 Å². The zero-order valence-electron chi connectivity index (χ0n) is 11.1. The van der Waals surface area contributed by atoms with Gasteiger partial charge in [0, 0.05) is 23.8 Å². The molecule has 0 radical (unpaired) electrons. The van der Waals surface area contributed by atoms with Gasteiger partial charge in [0.1, 0.15) is 5.58 Å². The number of hydrogen-bond donors (Lipinski definition) is 2. The fourth-order valence-electron chi connectivity index (χ4n) is 2.46. The highest BCUT2D eigenvalue weighted by Crippen LogP contribution is 2.28. The number of nitrogen functional groups attached to an aromatic ring is 1. The Morgan fingerprint density at radius 2 is 1.90 bits per heavy atom. The van der Waals surface area contributed by atoms with Crippen LogP contribution in [0.5, 0.6) is 0 Å². The smallest absolute Gasteiger partial charge is 0.301 e. The molecule has 3 N–H and O–H groups in total. The molecule has 3 amide bonds. The number of hydrazine groups is 1. The molecule has 1 saturated heterocycles. The van der Waals surface area contributed by atoms with Crippen molar-refractivity contribution in [3.05, 3.63) is 35.6 Å². The Hall–Kier alpha value is -2.67. The summed E-state index contributed by atoms with van der Waals surface area (Å²) in [5.74, 6) is 4.08. The number of nitrogens with two attached hydrogens (primary N) is 1. The minimum absolute atomic E-state index is 0.0113. The number of furan rings is 1. The number of nitrogens with zero attached hydrogens (tertiary/aromatic N) is 1. The number of carbonyl (C=O) groups excluding carboxylic acids is 3. The molecule has 1 fully saturated rings. The number of rotatable bonds is 3. The van der Waals surface area contributed by atoms with Gasteiger partial charge >= 0.3 is 5.91 Å². The van der Waals surface area contributed by atoms with E-state index >= 15 is 0 Å². The first-order valence-corrected chi connectivity index (χ1v) is 6.46. The Morgan fingerprint density at radius 3 is 2.57 bits per heavy atom. The van der Waals surface area contributed by atoms with E-state index in [0.717, 1.165) is 4.90 Å². The molecule has 21 heavy (non-hydrogen) atoms. The number of carbonyl (C=O) groups is 3. The van der Waals surface area contributed by atoms with Gasteiger partial charge in [-0.25, -0.2) is 5.84 Å². The lowest BCUT2D eigenvalue weighted by molar-refractivity contribution is -0.139. The molecule has 108 valence electrons. The Bertz CT molecular complexity index is 734. The maximum atomic E-state index is 11.8. The summed E-state index contributed by atoms with van der Waals surface area (Å²) in [6, 6.07) is 7.04. The normalized spacial score (nSPS) is 15.0. The first kappa shape index (κ1) is 13.3. The molecule has 1 aliphatic rings. The zero-order valence-corrected chi connectivity index (χ0v) is 11.1.